The number of hydrogen-bond donors (Lipinski definition) is 1. The van der Waals surface area contributed by atoms with Crippen molar-refractivity contribution in [2.45, 2.75) is 20.4 Å². The standard InChI is InChI=1S/C15H21N3O3/c1-3-18(9-10-19)11-14-16-15(17-21-14)12-5-7-13(8-6-12)20-4-2/h5-8,19H,3-4,9-11H2,1-2H3. The molecule has 6 heteroatoms. The quantitative estimate of drug-likeness (QED) is 0.801. The Morgan fingerprint density at radius 2 is 2.00 bits per heavy atom. The molecule has 1 heterocycles. The molecule has 0 amide bonds. The molecule has 0 aliphatic carbocycles. The molecule has 1 aromatic heterocycles. The fourth-order valence-corrected chi connectivity index (χ4v) is 1.98. The average Bonchev–Trinajstić information content (AvgIpc) is 2.96. The zero-order valence-corrected chi connectivity index (χ0v) is 12.5. The lowest BCUT2D eigenvalue weighted by Gasteiger charge is -2.15. The number of ether oxygens (including phenoxy) is 1. The predicted molar refractivity (Wildman–Crippen MR) is 78.9 cm³/mol. The predicted octanol–water partition coefficient (Wildman–Crippen LogP) is 1.95. The molecule has 0 atom stereocenters. The van der Waals surface area contributed by atoms with Crippen molar-refractivity contribution in [2.75, 3.05) is 26.3 Å². The second kappa shape index (κ2) is 7.75. The van der Waals surface area contributed by atoms with Crippen molar-refractivity contribution in [2.24, 2.45) is 0 Å². The molecule has 0 unspecified atom stereocenters. The van der Waals surface area contributed by atoms with Gasteiger partial charge in [0.25, 0.3) is 0 Å². The summed E-state index contributed by atoms with van der Waals surface area (Å²) in [5.74, 6) is 1.94. The summed E-state index contributed by atoms with van der Waals surface area (Å²) in [6, 6.07) is 7.59. The van der Waals surface area contributed by atoms with Crippen molar-refractivity contribution in [3.63, 3.8) is 0 Å². The zero-order valence-electron chi connectivity index (χ0n) is 12.5. The number of aliphatic hydroxyl groups is 1. The van der Waals surface area contributed by atoms with Crippen molar-refractivity contribution in [1.29, 1.82) is 0 Å². The van der Waals surface area contributed by atoms with Crippen LogP contribution in [0.1, 0.15) is 19.7 Å². The Morgan fingerprint density at radius 3 is 2.62 bits per heavy atom. The Hall–Kier alpha value is -1.92. The fraction of sp³-hybridized carbons (Fsp3) is 0.467. The molecule has 0 spiro atoms. The largest absolute Gasteiger partial charge is 0.494 e. The first kappa shape index (κ1) is 15.5. The number of nitrogens with zero attached hydrogens (tertiary/aromatic N) is 3. The van der Waals surface area contributed by atoms with Gasteiger partial charge in [-0.2, -0.15) is 4.98 Å². The van der Waals surface area contributed by atoms with Gasteiger partial charge in [-0.05, 0) is 37.7 Å². The van der Waals surface area contributed by atoms with Crippen LogP contribution in [0.4, 0.5) is 0 Å². The van der Waals surface area contributed by atoms with Crippen molar-refractivity contribution in [1.82, 2.24) is 15.0 Å². The second-order valence-corrected chi connectivity index (χ2v) is 4.56. The molecule has 0 bridgehead atoms. The average molecular weight is 291 g/mol. The number of rotatable bonds is 8. The first-order valence-corrected chi connectivity index (χ1v) is 7.15. The molecule has 0 saturated carbocycles. The van der Waals surface area contributed by atoms with Gasteiger partial charge in [0.05, 0.1) is 19.8 Å². The molecular formula is C15H21N3O3. The molecule has 1 N–H and O–H groups in total. The van der Waals surface area contributed by atoms with Crippen LogP contribution in [0.3, 0.4) is 0 Å². The summed E-state index contributed by atoms with van der Waals surface area (Å²) in [7, 11) is 0. The third-order valence-electron chi connectivity index (χ3n) is 3.11. The van der Waals surface area contributed by atoms with Crippen LogP contribution < -0.4 is 4.74 Å². The lowest BCUT2D eigenvalue weighted by molar-refractivity contribution is 0.180. The van der Waals surface area contributed by atoms with Gasteiger partial charge in [0.15, 0.2) is 0 Å². The van der Waals surface area contributed by atoms with E-state index in [2.05, 4.69) is 10.1 Å². The van der Waals surface area contributed by atoms with Crippen LogP contribution in [0.5, 0.6) is 5.75 Å². The fourth-order valence-electron chi connectivity index (χ4n) is 1.98. The SMILES string of the molecule is CCOc1ccc(-c2noc(CN(CC)CCO)n2)cc1. The molecule has 2 rings (SSSR count). The van der Waals surface area contributed by atoms with Gasteiger partial charge in [0, 0.05) is 12.1 Å². The lowest BCUT2D eigenvalue weighted by Crippen LogP contribution is -2.26. The van der Waals surface area contributed by atoms with E-state index in [0.29, 0.717) is 31.4 Å². The van der Waals surface area contributed by atoms with Crippen molar-refractivity contribution in [3.05, 3.63) is 30.2 Å². The van der Waals surface area contributed by atoms with E-state index in [0.717, 1.165) is 17.9 Å². The van der Waals surface area contributed by atoms with Crippen molar-refractivity contribution < 1.29 is 14.4 Å². The summed E-state index contributed by atoms with van der Waals surface area (Å²) in [5.41, 5.74) is 0.888. The molecule has 2 aromatic rings. The van der Waals surface area contributed by atoms with E-state index in [1.165, 1.54) is 0 Å². The van der Waals surface area contributed by atoms with Crippen LogP contribution in [-0.2, 0) is 6.54 Å². The molecular weight excluding hydrogens is 270 g/mol. The van der Waals surface area contributed by atoms with Crippen LogP contribution in [0.2, 0.25) is 0 Å². The van der Waals surface area contributed by atoms with Gasteiger partial charge in [-0.15, -0.1) is 0 Å². The van der Waals surface area contributed by atoms with Crippen molar-refractivity contribution >= 4 is 0 Å². The first-order valence-electron chi connectivity index (χ1n) is 7.15. The highest BCUT2D eigenvalue weighted by molar-refractivity contribution is 5.55. The van der Waals surface area contributed by atoms with Gasteiger partial charge in [0.2, 0.25) is 11.7 Å². The first-order chi connectivity index (χ1) is 10.3. The summed E-state index contributed by atoms with van der Waals surface area (Å²) in [6.07, 6.45) is 0. The van der Waals surface area contributed by atoms with Gasteiger partial charge < -0.3 is 14.4 Å². The monoisotopic (exact) mass is 291 g/mol. The topological polar surface area (TPSA) is 71.6 Å². The third kappa shape index (κ3) is 4.27. The minimum Gasteiger partial charge on any atom is -0.494 e. The summed E-state index contributed by atoms with van der Waals surface area (Å²) in [5, 5.41) is 13.0. The maximum Gasteiger partial charge on any atom is 0.241 e. The summed E-state index contributed by atoms with van der Waals surface area (Å²) in [6.45, 7) is 6.70. The van der Waals surface area contributed by atoms with Crippen LogP contribution >= 0.6 is 0 Å². The highest BCUT2D eigenvalue weighted by Gasteiger charge is 2.11. The number of aromatic nitrogens is 2. The number of aliphatic hydroxyl groups excluding tert-OH is 1. The molecule has 0 radical (unpaired) electrons. The van der Waals surface area contributed by atoms with Gasteiger partial charge in [-0.1, -0.05) is 12.1 Å². The van der Waals surface area contributed by atoms with Crippen LogP contribution in [-0.4, -0.2) is 46.5 Å². The highest BCUT2D eigenvalue weighted by Crippen LogP contribution is 2.20. The van der Waals surface area contributed by atoms with Crippen molar-refractivity contribution in [3.8, 4) is 17.1 Å². The third-order valence-corrected chi connectivity index (χ3v) is 3.11. The normalized spacial score (nSPS) is 11.0. The minimum absolute atomic E-state index is 0.119. The van der Waals surface area contributed by atoms with Gasteiger partial charge in [-0.25, -0.2) is 0 Å². The molecule has 0 fully saturated rings. The molecule has 0 saturated heterocycles. The molecule has 21 heavy (non-hydrogen) atoms. The molecule has 0 aliphatic heterocycles. The summed E-state index contributed by atoms with van der Waals surface area (Å²) >= 11 is 0. The van der Waals surface area contributed by atoms with Gasteiger partial charge in [-0.3, -0.25) is 4.90 Å². The minimum atomic E-state index is 0.119. The van der Waals surface area contributed by atoms with E-state index < -0.39 is 0 Å². The van der Waals surface area contributed by atoms with E-state index in [1.807, 2.05) is 43.0 Å². The maximum absolute atomic E-state index is 8.98. The van der Waals surface area contributed by atoms with Gasteiger partial charge in [0.1, 0.15) is 5.75 Å². The Morgan fingerprint density at radius 1 is 1.24 bits per heavy atom. The Bertz CT molecular complexity index is 539. The van der Waals surface area contributed by atoms with E-state index in [9.17, 15) is 0 Å². The number of hydrogen-bond acceptors (Lipinski definition) is 6. The van der Waals surface area contributed by atoms with E-state index >= 15 is 0 Å². The Labute approximate surface area is 124 Å². The smallest absolute Gasteiger partial charge is 0.241 e. The van der Waals surface area contributed by atoms with Crippen LogP contribution in [0.15, 0.2) is 28.8 Å². The summed E-state index contributed by atoms with van der Waals surface area (Å²) < 4.78 is 10.7. The highest BCUT2D eigenvalue weighted by atomic mass is 16.5. The van der Waals surface area contributed by atoms with Gasteiger partial charge >= 0.3 is 0 Å². The maximum atomic E-state index is 8.98. The molecule has 6 nitrogen and oxygen atoms in total. The molecule has 0 aliphatic rings. The van der Waals surface area contributed by atoms with E-state index in [-0.39, 0.29) is 6.61 Å². The zero-order chi connectivity index (χ0) is 15.1. The number of benzene rings is 1. The van der Waals surface area contributed by atoms with E-state index in [4.69, 9.17) is 14.4 Å². The molecule has 114 valence electrons. The van der Waals surface area contributed by atoms with Crippen LogP contribution in [0, 0.1) is 0 Å². The van der Waals surface area contributed by atoms with E-state index in [1.54, 1.807) is 0 Å². The Balaban J connectivity index is 2.04. The lowest BCUT2D eigenvalue weighted by atomic mass is 10.2. The Kier molecular flexibility index (Phi) is 5.71. The number of likely N-dealkylation sites (N-methyl/N-ethyl adjacent to an activating group) is 1. The summed E-state index contributed by atoms with van der Waals surface area (Å²) in [4.78, 5) is 6.42. The van der Waals surface area contributed by atoms with Crippen LogP contribution in [0.25, 0.3) is 11.4 Å². The molecule has 1 aromatic carbocycles. The second-order valence-electron chi connectivity index (χ2n) is 4.56.